The first-order valence-electron chi connectivity index (χ1n) is 6.71. The van der Waals surface area contributed by atoms with Crippen molar-refractivity contribution in [2.24, 2.45) is 11.1 Å². The molecule has 3 N–H and O–H groups in total. The third kappa shape index (κ3) is 3.55. The highest BCUT2D eigenvalue weighted by Gasteiger charge is 2.30. The monoisotopic (exact) mass is 232 g/mol. The SMILES string of the molecule is CC1(CNCCC(N)c2ccccc2)CCC1. The standard InChI is InChI=1S/C15H24N2/c1-15(9-5-10-15)12-17-11-8-14(16)13-6-3-2-4-7-13/h2-4,6-7,14,17H,5,8-12,16H2,1H3. The molecule has 1 aromatic rings. The van der Waals surface area contributed by atoms with Gasteiger partial charge >= 0.3 is 0 Å². The van der Waals surface area contributed by atoms with Crippen LogP contribution in [-0.4, -0.2) is 13.1 Å². The van der Waals surface area contributed by atoms with Crippen molar-refractivity contribution in [1.82, 2.24) is 5.32 Å². The van der Waals surface area contributed by atoms with Crippen molar-refractivity contribution in [2.75, 3.05) is 13.1 Å². The Kier molecular flexibility index (Phi) is 4.19. The van der Waals surface area contributed by atoms with Gasteiger partial charge in [0.15, 0.2) is 0 Å². The van der Waals surface area contributed by atoms with Crippen LogP contribution in [0.5, 0.6) is 0 Å². The molecule has 1 atom stereocenters. The van der Waals surface area contributed by atoms with Crippen LogP contribution in [0.1, 0.15) is 44.2 Å². The molecule has 1 aromatic carbocycles. The molecule has 0 amide bonds. The first-order chi connectivity index (χ1) is 8.20. The maximum Gasteiger partial charge on any atom is 0.0306 e. The number of benzene rings is 1. The van der Waals surface area contributed by atoms with Crippen molar-refractivity contribution in [2.45, 2.75) is 38.6 Å². The van der Waals surface area contributed by atoms with Crippen molar-refractivity contribution in [3.63, 3.8) is 0 Å². The van der Waals surface area contributed by atoms with Crippen molar-refractivity contribution < 1.29 is 0 Å². The first kappa shape index (κ1) is 12.6. The molecule has 1 fully saturated rings. The summed E-state index contributed by atoms with van der Waals surface area (Å²) in [7, 11) is 0. The van der Waals surface area contributed by atoms with Crippen LogP contribution in [0.3, 0.4) is 0 Å². The Morgan fingerprint density at radius 3 is 2.59 bits per heavy atom. The molecule has 2 nitrogen and oxygen atoms in total. The zero-order valence-corrected chi connectivity index (χ0v) is 10.8. The third-order valence-corrected chi connectivity index (χ3v) is 3.97. The summed E-state index contributed by atoms with van der Waals surface area (Å²) in [5.74, 6) is 0. The zero-order chi connectivity index (χ0) is 12.1. The molecule has 0 aromatic heterocycles. The van der Waals surface area contributed by atoms with Crippen molar-refractivity contribution in [3.8, 4) is 0 Å². The average molecular weight is 232 g/mol. The normalized spacial score (nSPS) is 19.6. The van der Waals surface area contributed by atoms with E-state index in [0.29, 0.717) is 5.41 Å². The lowest BCUT2D eigenvalue weighted by Crippen LogP contribution is -2.38. The van der Waals surface area contributed by atoms with E-state index in [4.69, 9.17) is 5.73 Å². The van der Waals surface area contributed by atoms with Gasteiger partial charge in [0, 0.05) is 12.6 Å². The lowest BCUT2D eigenvalue weighted by atomic mass is 9.70. The zero-order valence-electron chi connectivity index (χ0n) is 10.8. The quantitative estimate of drug-likeness (QED) is 0.740. The van der Waals surface area contributed by atoms with Crippen LogP contribution in [0.4, 0.5) is 0 Å². The van der Waals surface area contributed by atoms with Crippen molar-refractivity contribution in [3.05, 3.63) is 35.9 Å². The van der Waals surface area contributed by atoms with Gasteiger partial charge in [-0.2, -0.15) is 0 Å². The second-order valence-corrected chi connectivity index (χ2v) is 5.65. The minimum absolute atomic E-state index is 0.165. The van der Waals surface area contributed by atoms with Crippen LogP contribution in [0.25, 0.3) is 0 Å². The van der Waals surface area contributed by atoms with E-state index < -0.39 is 0 Å². The van der Waals surface area contributed by atoms with E-state index in [1.807, 2.05) is 6.07 Å². The second kappa shape index (κ2) is 5.65. The lowest BCUT2D eigenvalue weighted by molar-refractivity contribution is 0.157. The van der Waals surface area contributed by atoms with Crippen LogP contribution in [0, 0.1) is 5.41 Å². The third-order valence-electron chi connectivity index (χ3n) is 3.97. The minimum Gasteiger partial charge on any atom is -0.324 e. The van der Waals surface area contributed by atoms with Gasteiger partial charge in [-0.05, 0) is 36.8 Å². The molecule has 1 aliphatic rings. The van der Waals surface area contributed by atoms with Gasteiger partial charge in [0.2, 0.25) is 0 Å². The summed E-state index contributed by atoms with van der Waals surface area (Å²) in [6, 6.07) is 10.5. The molecule has 1 saturated carbocycles. The summed E-state index contributed by atoms with van der Waals surface area (Å²) >= 11 is 0. The fourth-order valence-corrected chi connectivity index (χ4v) is 2.47. The van der Waals surface area contributed by atoms with E-state index in [-0.39, 0.29) is 6.04 Å². The maximum absolute atomic E-state index is 6.15. The molecule has 0 spiro atoms. The summed E-state index contributed by atoms with van der Waals surface area (Å²) in [6.07, 6.45) is 5.18. The molecule has 0 aliphatic heterocycles. The molecule has 1 unspecified atom stereocenters. The van der Waals surface area contributed by atoms with Gasteiger partial charge < -0.3 is 11.1 Å². The molecule has 0 heterocycles. The van der Waals surface area contributed by atoms with Crippen LogP contribution in [-0.2, 0) is 0 Å². The minimum atomic E-state index is 0.165. The van der Waals surface area contributed by atoms with Crippen LogP contribution in [0.2, 0.25) is 0 Å². The molecule has 0 radical (unpaired) electrons. The highest BCUT2D eigenvalue weighted by atomic mass is 14.9. The predicted molar refractivity (Wildman–Crippen MR) is 72.8 cm³/mol. The maximum atomic E-state index is 6.15. The lowest BCUT2D eigenvalue weighted by Gasteiger charge is -2.38. The average Bonchev–Trinajstić information content (AvgIpc) is 2.33. The Labute approximate surface area is 105 Å². The second-order valence-electron chi connectivity index (χ2n) is 5.65. The van der Waals surface area contributed by atoms with Crippen LogP contribution >= 0.6 is 0 Å². The summed E-state index contributed by atoms with van der Waals surface area (Å²) < 4.78 is 0. The van der Waals surface area contributed by atoms with E-state index in [1.54, 1.807) is 0 Å². The van der Waals surface area contributed by atoms with Gasteiger partial charge in [0.25, 0.3) is 0 Å². The molecule has 94 valence electrons. The molecule has 2 heteroatoms. The Balaban J connectivity index is 1.65. The molecule has 0 bridgehead atoms. The van der Waals surface area contributed by atoms with E-state index in [9.17, 15) is 0 Å². The van der Waals surface area contributed by atoms with Gasteiger partial charge in [0.05, 0.1) is 0 Å². The Hall–Kier alpha value is -0.860. The van der Waals surface area contributed by atoms with Crippen molar-refractivity contribution in [1.29, 1.82) is 0 Å². The van der Waals surface area contributed by atoms with E-state index in [0.717, 1.165) is 19.5 Å². The Bertz CT molecular complexity index is 330. The number of nitrogens with two attached hydrogens (primary N) is 1. The number of hydrogen-bond donors (Lipinski definition) is 2. The van der Waals surface area contributed by atoms with Gasteiger partial charge in [-0.15, -0.1) is 0 Å². The molecule has 1 aliphatic carbocycles. The van der Waals surface area contributed by atoms with E-state index >= 15 is 0 Å². The fourth-order valence-electron chi connectivity index (χ4n) is 2.47. The van der Waals surface area contributed by atoms with Gasteiger partial charge in [-0.1, -0.05) is 43.7 Å². The fraction of sp³-hybridized carbons (Fsp3) is 0.600. The van der Waals surface area contributed by atoms with Gasteiger partial charge in [-0.25, -0.2) is 0 Å². The topological polar surface area (TPSA) is 38.0 Å². The van der Waals surface area contributed by atoms with E-state index in [1.165, 1.54) is 24.8 Å². The summed E-state index contributed by atoms with van der Waals surface area (Å²) in [5, 5.41) is 3.55. The number of nitrogens with one attached hydrogen (secondary N) is 1. The summed E-state index contributed by atoms with van der Waals surface area (Å²) in [5.41, 5.74) is 7.96. The van der Waals surface area contributed by atoms with Crippen LogP contribution in [0.15, 0.2) is 30.3 Å². The Morgan fingerprint density at radius 2 is 2.00 bits per heavy atom. The molecular formula is C15H24N2. The first-order valence-corrected chi connectivity index (χ1v) is 6.71. The van der Waals surface area contributed by atoms with Gasteiger partial charge in [-0.3, -0.25) is 0 Å². The number of rotatable bonds is 6. The van der Waals surface area contributed by atoms with Crippen LogP contribution < -0.4 is 11.1 Å². The smallest absolute Gasteiger partial charge is 0.0306 e. The highest BCUT2D eigenvalue weighted by molar-refractivity contribution is 5.18. The molecule has 0 saturated heterocycles. The molecule has 2 rings (SSSR count). The van der Waals surface area contributed by atoms with E-state index in [2.05, 4.69) is 36.5 Å². The van der Waals surface area contributed by atoms with Crippen molar-refractivity contribution >= 4 is 0 Å². The summed E-state index contributed by atoms with van der Waals surface area (Å²) in [6.45, 7) is 4.54. The number of hydrogen-bond acceptors (Lipinski definition) is 2. The van der Waals surface area contributed by atoms with Gasteiger partial charge in [0.1, 0.15) is 0 Å². The molecular weight excluding hydrogens is 208 g/mol. The largest absolute Gasteiger partial charge is 0.324 e. The predicted octanol–water partition coefficient (Wildman–Crippen LogP) is 2.86. The highest BCUT2D eigenvalue weighted by Crippen LogP contribution is 2.39. The molecule has 17 heavy (non-hydrogen) atoms. The summed E-state index contributed by atoms with van der Waals surface area (Å²) in [4.78, 5) is 0. The Morgan fingerprint density at radius 1 is 1.29 bits per heavy atom.